The molecule has 0 bridgehead atoms. The number of ketones is 1. The maximum Gasteiger partial charge on any atom is 0.172 e. The van der Waals surface area contributed by atoms with E-state index in [0.29, 0.717) is 23.5 Å². The Labute approximate surface area is 89.0 Å². The maximum absolute atomic E-state index is 11.8. The van der Waals surface area contributed by atoms with Crippen LogP contribution in [0, 0.1) is 6.92 Å². The number of methoxy groups -OCH3 is 1. The summed E-state index contributed by atoms with van der Waals surface area (Å²) in [5, 5.41) is 0. The second-order valence-electron chi connectivity index (χ2n) is 3.90. The largest absolute Gasteiger partial charge is 0.493 e. The monoisotopic (exact) mass is 206 g/mol. The molecule has 2 rings (SSSR count). The van der Waals surface area contributed by atoms with Crippen LogP contribution in [0.25, 0.3) is 0 Å². The van der Waals surface area contributed by atoms with Gasteiger partial charge in [0.05, 0.1) is 12.7 Å². The minimum absolute atomic E-state index is 0.0680. The van der Waals surface area contributed by atoms with E-state index in [9.17, 15) is 4.79 Å². The Balaban J connectivity index is 2.58. The smallest absolute Gasteiger partial charge is 0.172 e. The van der Waals surface area contributed by atoms with E-state index in [-0.39, 0.29) is 11.9 Å². The lowest BCUT2D eigenvalue weighted by atomic mass is 9.99. The Morgan fingerprint density at radius 2 is 2.20 bits per heavy atom. The molecule has 0 amide bonds. The summed E-state index contributed by atoms with van der Waals surface area (Å²) in [5.41, 5.74) is 1.65. The van der Waals surface area contributed by atoms with Crippen LogP contribution < -0.4 is 9.47 Å². The van der Waals surface area contributed by atoms with E-state index in [1.165, 1.54) is 0 Å². The molecule has 3 heteroatoms. The number of Topliss-reactive ketones (excluding diaryl/α,β-unsaturated/α-hetero) is 1. The van der Waals surface area contributed by atoms with Gasteiger partial charge in [0, 0.05) is 6.42 Å². The molecule has 0 saturated carbocycles. The fourth-order valence-electron chi connectivity index (χ4n) is 1.83. The number of aryl methyl sites for hydroxylation is 1. The highest BCUT2D eigenvalue weighted by Crippen LogP contribution is 2.37. The first-order valence-electron chi connectivity index (χ1n) is 5.00. The quantitative estimate of drug-likeness (QED) is 0.707. The summed E-state index contributed by atoms with van der Waals surface area (Å²) in [7, 11) is 1.59. The fraction of sp³-hybridized carbons (Fsp3) is 0.417. The molecule has 80 valence electrons. The van der Waals surface area contributed by atoms with Crippen molar-refractivity contribution < 1.29 is 14.3 Å². The van der Waals surface area contributed by atoms with Crippen molar-refractivity contribution in [3.63, 3.8) is 0 Å². The molecule has 0 aliphatic carbocycles. The zero-order chi connectivity index (χ0) is 11.0. The second kappa shape index (κ2) is 3.57. The number of rotatable bonds is 1. The van der Waals surface area contributed by atoms with Crippen molar-refractivity contribution in [2.75, 3.05) is 7.11 Å². The average molecular weight is 206 g/mol. The van der Waals surface area contributed by atoms with Crippen LogP contribution in [-0.4, -0.2) is 19.0 Å². The van der Waals surface area contributed by atoms with Crippen LogP contribution in [0.15, 0.2) is 12.1 Å². The molecule has 15 heavy (non-hydrogen) atoms. The van der Waals surface area contributed by atoms with Crippen molar-refractivity contribution in [2.24, 2.45) is 0 Å². The van der Waals surface area contributed by atoms with Gasteiger partial charge in [-0.1, -0.05) is 0 Å². The summed E-state index contributed by atoms with van der Waals surface area (Å²) in [5.74, 6) is 1.36. The predicted octanol–water partition coefficient (Wildman–Crippen LogP) is 2.36. The third-order valence-corrected chi connectivity index (χ3v) is 2.51. The van der Waals surface area contributed by atoms with Gasteiger partial charge in [0.2, 0.25) is 0 Å². The molecule has 0 aromatic heterocycles. The molecule has 0 fully saturated rings. The van der Waals surface area contributed by atoms with Crippen LogP contribution in [0.2, 0.25) is 0 Å². The lowest BCUT2D eigenvalue weighted by molar-refractivity contribution is 0.0864. The normalized spacial score (nSPS) is 19.4. The number of ether oxygens (including phenoxy) is 2. The number of carbonyl (C=O) groups is 1. The van der Waals surface area contributed by atoms with E-state index < -0.39 is 0 Å². The molecular weight excluding hydrogens is 192 g/mol. The summed E-state index contributed by atoms with van der Waals surface area (Å²) in [6, 6.07) is 3.73. The van der Waals surface area contributed by atoms with Crippen molar-refractivity contribution in [1.82, 2.24) is 0 Å². The Kier molecular flexibility index (Phi) is 2.39. The predicted molar refractivity (Wildman–Crippen MR) is 56.8 cm³/mol. The van der Waals surface area contributed by atoms with Gasteiger partial charge in [-0.15, -0.1) is 0 Å². The van der Waals surface area contributed by atoms with Crippen LogP contribution in [0.3, 0.4) is 0 Å². The van der Waals surface area contributed by atoms with Crippen LogP contribution in [0.5, 0.6) is 11.5 Å². The molecule has 1 heterocycles. The number of fused-ring (bicyclic) bond motifs is 1. The third-order valence-electron chi connectivity index (χ3n) is 2.51. The van der Waals surface area contributed by atoms with Gasteiger partial charge in [-0.3, -0.25) is 4.79 Å². The number of benzene rings is 1. The van der Waals surface area contributed by atoms with Crippen molar-refractivity contribution in [3.8, 4) is 11.5 Å². The summed E-state index contributed by atoms with van der Waals surface area (Å²) in [6.45, 7) is 3.83. The van der Waals surface area contributed by atoms with Crippen molar-refractivity contribution >= 4 is 5.78 Å². The van der Waals surface area contributed by atoms with Gasteiger partial charge in [0.1, 0.15) is 6.10 Å². The highest BCUT2D eigenvalue weighted by molar-refractivity contribution is 6.00. The highest BCUT2D eigenvalue weighted by Gasteiger charge is 2.26. The lowest BCUT2D eigenvalue weighted by Crippen LogP contribution is -2.24. The second-order valence-corrected chi connectivity index (χ2v) is 3.90. The van der Waals surface area contributed by atoms with E-state index in [1.807, 2.05) is 26.0 Å². The van der Waals surface area contributed by atoms with Crippen LogP contribution in [0.4, 0.5) is 0 Å². The minimum atomic E-state index is -0.0680. The first-order valence-corrected chi connectivity index (χ1v) is 5.00. The molecular formula is C12H14O3. The van der Waals surface area contributed by atoms with Crippen molar-refractivity contribution in [1.29, 1.82) is 0 Å². The molecule has 1 aromatic rings. The standard InChI is InChI=1S/C12H14O3/c1-7-4-9-10(13)6-8(2)15-12(9)11(5-7)14-3/h4-5,8H,6H2,1-3H3. The van der Waals surface area contributed by atoms with Crippen molar-refractivity contribution in [2.45, 2.75) is 26.4 Å². The molecule has 3 nitrogen and oxygen atoms in total. The Hall–Kier alpha value is -1.51. The topological polar surface area (TPSA) is 35.5 Å². The van der Waals surface area contributed by atoms with Gasteiger partial charge >= 0.3 is 0 Å². The molecule has 1 aliphatic heterocycles. The molecule has 0 saturated heterocycles. The first kappa shape index (κ1) is 10.0. The lowest BCUT2D eigenvalue weighted by Gasteiger charge is -2.24. The van der Waals surface area contributed by atoms with Gasteiger partial charge in [0.15, 0.2) is 17.3 Å². The molecule has 1 aliphatic rings. The fourth-order valence-corrected chi connectivity index (χ4v) is 1.83. The Morgan fingerprint density at radius 3 is 2.87 bits per heavy atom. The summed E-state index contributed by atoms with van der Waals surface area (Å²) in [6.07, 6.45) is 0.376. The molecule has 1 atom stereocenters. The Morgan fingerprint density at radius 1 is 1.47 bits per heavy atom. The van der Waals surface area contributed by atoms with E-state index >= 15 is 0 Å². The first-order chi connectivity index (χ1) is 7.11. The zero-order valence-electron chi connectivity index (χ0n) is 9.16. The van der Waals surface area contributed by atoms with E-state index in [1.54, 1.807) is 7.11 Å². The highest BCUT2D eigenvalue weighted by atomic mass is 16.5. The van der Waals surface area contributed by atoms with Gasteiger partial charge in [0.25, 0.3) is 0 Å². The third kappa shape index (κ3) is 1.69. The number of carbonyl (C=O) groups excluding carboxylic acids is 1. The van der Waals surface area contributed by atoms with Crippen molar-refractivity contribution in [3.05, 3.63) is 23.3 Å². The summed E-state index contributed by atoms with van der Waals surface area (Å²) >= 11 is 0. The van der Waals surface area contributed by atoms with E-state index in [0.717, 1.165) is 5.56 Å². The van der Waals surface area contributed by atoms with Gasteiger partial charge in [-0.2, -0.15) is 0 Å². The van der Waals surface area contributed by atoms with E-state index in [2.05, 4.69) is 0 Å². The number of hydrogen-bond acceptors (Lipinski definition) is 3. The van der Waals surface area contributed by atoms with Gasteiger partial charge in [-0.25, -0.2) is 0 Å². The van der Waals surface area contributed by atoms with Gasteiger partial charge < -0.3 is 9.47 Å². The Bertz CT molecular complexity index is 410. The van der Waals surface area contributed by atoms with Crippen LogP contribution in [0.1, 0.15) is 29.3 Å². The molecule has 1 aromatic carbocycles. The summed E-state index contributed by atoms with van der Waals surface area (Å²) in [4.78, 5) is 11.8. The van der Waals surface area contributed by atoms with E-state index in [4.69, 9.17) is 9.47 Å². The van der Waals surface area contributed by atoms with Gasteiger partial charge in [-0.05, 0) is 31.5 Å². The SMILES string of the molecule is COc1cc(C)cc2c1OC(C)CC2=O. The molecule has 0 spiro atoms. The maximum atomic E-state index is 11.8. The minimum Gasteiger partial charge on any atom is -0.493 e. The van der Waals surface area contributed by atoms with Crippen LogP contribution >= 0.6 is 0 Å². The number of hydrogen-bond donors (Lipinski definition) is 0. The summed E-state index contributed by atoms with van der Waals surface area (Å²) < 4.78 is 10.8. The molecule has 0 N–H and O–H groups in total. The molecule has 0 radical (unpaired) electrons. The average Bonchev–Trinajstić information content (AvgIpc) is 2.18. The van der Waals surface area contributed by atoms with Crippen LogP contribution in [-0.2, 0) is 0 Å². The zero-order valence-corrected chi connectivity index (χ0v) is 9.16. The molecule has 1 unspecified atom stereocenters.